The van der Waals surface area contributed by atoms with E-state index in [-0.39, 0.29) is 21.4 Å². The number of nitrogens with one attached hydrogen (secondary N) is 2. The van der Waals surface area contributed by atoms with E-state index < -0.39 is 22.0 Å². The van der Waals surface area contributed by atoms with E-state index in [0.717, 1.165) is 11.1 Å². The number of amides is 1. The molecule has 3 rings (SSSR count). The molecule has 8 heteroatoms. The lowest BCUT2D eigenvalue weighted by Gasteiger charge is -2.19. The van der Waals surface area contributed by atoms with Crippen LogP contribution in [-0.2, 0) is 21.2 Å². The minimum absolute atomic E-state index is 0.0179. The molecule has 0 aliphatic rings. The molecule has 0 saturated carbocycles. The molecule has 0 aliphatic carbocycles. The quantitative estimate of drug-likeness (QED) is 0.527. The van der Waals surface area contributed by atoms with Gasteiger partial charge in [0.05, 0.1) is 5.02 Å². The van der Waals surface area contributed by atoms with Gasteiger partial charge in [0.25, 0.3) is 0 Å². The number of carbonyl (C=O) groups excluding carboxylic acids is 1. The highest BCUT2D eigenvalue weighted by molar-refractivity contribution is 7.89. The summed E-state index contributed by atoms with van der Waals surface area (Å²) >= 11 is 12.0. The second-order valence-electron chi connectivity index (χ2n) is 6.79. The lowest BCUT2D eigenvalue weighted by molar-refractivity contribution is -0.117. The SMILES string of the molecule is Cc1ccc(NC(=O)[C@@H](Cc2ccccc2)NS(=O)(=O)c2cc(Cl)ccc2Cl)cc1. The highest BCUT2D eigenvalue weighted by Gasteiger charge is 2.28. The van der Waals surface area contributed by atoms with Crippen molar-refractivity contribution in [2.45, 2.75) is 24.3 Å². The first-order valence-electron chi connectivity index (χ1n) is 9.13. The standard InChI is InChI=1S/C22H20Cl2N2O3S/c1-15-7-10-18(11-8-15)25-22(27)20(13-16-5-3-2-4-6-16)26-30(28,29)21-14-17(23)9-12-19(21)24/h2-12,14,20,26H,13H2,1H3,(H,25,27)/t20-/m1/s1. The van der Waals surface area contributed by atoms with E-state index in [9.17, 15) is 13.2 Å². The number of carbonyl (C=O) groups is 1. The highest BCUT2D eigenvalue weighted by Crippen LogP contribution is 2.25. The molecule has 1 atom stereocenters. The molecule has 3 aromatic rings. The normalized spacial score (nSPS) is 12.4. The van der Waals surface area contributed by atoms with Crippen LogP contribution in [0.1, 0.15) is 11.1 Å². The molecule has 0 aromatic heterocycles. The Morgan fingerprint density at radius 2 is 1.63 bits per heavy atom. The lowest BCUT2D eigenvalue weighted by Crippen LogP contribution is -2.45. The van der Waals surface area contributed by atoms with Crippen molar-refractivity contribution in [2.75, 3.05) is 5.32 Å². The van der Waals surface area contributed by atoms with Gasteiger partial charge in [0.2, 0.25) is 15.9 Å². The van der Waals surface area contributed by atoms with Crippen LogP contribution in [0.5, 0.6) is 0 Å². The molecule has 0 heterocycles. The number of hydrogen-bond donors (Lipinski definition) is 2. The van der Waals surface area contributed by atoms with E-state index in [2.05, 4.69) is 10.0 Å². The molecule has 0 saturated heterocycles. The average molecular weight is 463 g/mol. The fourth-order valence-electron chi connectivity index (χ4n) is 2.84. The summed E-state index contributed by atoms with van der Waals surface area (Å²) in [5.74, 6) is -0.482. The van der Waals surface area contributed by atoms with Crippen LogP contribution in [0.25, 0.3) is 0 Å². The second kappa shape index (κ2) is 9.62. The molecular formula is C22H20Cl2N2O3S. The summed E-state index contributed by atoms with van der Waals surface area (Å²) in [4.78, 5) is 12.8. The van der Waals surface area contributed by atoms with Crippen molar-refractivity contribution in [3.63, 3.8) is 0 Å². The largest absolute Gasteiger partial charge is 0.325 e. The molecule has 156 valence electrons. The fourth-order valence-corrected chi connectivity index (χ4v) is 4.80. The van der Waals surface area contributed by atoms with Gasteiger partial charge in [-0.25, -0.2) is 8.42 Å². The number of halogens is 2. The third-order valence-electron chi connectivity index (χ3n) is 4.40. The summed E-state index contributed by atoms with van der Waals surface area (Å²) in [5.41, 5.74) is 2.43. The number of aryl methyl sites for hydroxylation is 1. The number of benzene rings is 3. The van der Waals surface area contributed by atoms with Crippen LogP contribution in [0.2, 0.25) is 10.0 Å². The zero-order valence-electron chi connectivity index (χ0n) is 16.1. The minimum atomic E-state index is -4.10. The average Bonchev–Trinajstić information content (AvgIpc) is 2.71. The van der Waals surface area contributed by atoms with E-state index in [1.54, 1.807) is 12.1 Å². The summed E-state index contributed by atoms with van der Waals surface area (Å²) in [6.45, 7) is 1.94. The van der Waals surface area contributed by atoms with E-state index in [4.69, 9.17) is 23.2 Å². The number of rotatable bonds is 7. The van der Waals surface area contributed by atoms with Crippen molar-refractivity contribution in [1.29, 1.82) is 0 Å². The van der Waals surface area contributed by atoms with Crippen LogP contribution < -0.4 is 10.0 Å². The van der Waals surface area contributed by atoms with Crippen molar-refractivity contribution < 1.29 is 13.2 Å². The van der Waals surface area contributed by atoms with Crippen LogP contribution in [0.4, 0.5) is 5.69 Å². The Kier molecular flexibility index (Phi) is 7.15. The first-order valence-corrected chi connectivity index (χ1v) is 11.4. The van der Waals surface area contributed by atoms with Gasteiger partial charge in [0.15, 0.2) is 0 Å². The Morgan fingerprint density at radius 1 is 0.967 bits per heavy atom. The summed E-state index contributed by atoms with van der Waals surface area (Å²) in [7, 11) is -4.10. The summed E-state index contributed by atoms with van der Waals surface area (Å²) in [6.07, 6.45) is 0.163. The molecule has 0 spiro atoms. The molecule has 1 amide bonds. The van der Waals surface area contributed by atoms with Gasteiger partial charge in [-0.2, -0.15) is 4.72 Å². The maximum Gasteiger partial charge on any atom is 0.242 e. The Morgan fingerprint density at radius 3 is 2.30 bits per heavy atom. The van der Waals surface area contributed by atoms with Crippen LogP contribution in [0.3, 0.4) is 0 Å². The summed E-state index contributed by atoms with van der Waals surface area (Å²) < 4.78 is 28.4. The van der Waals surface area contributed by atoms with Gasteiger partial charge in [-0.3, -0.25) is 4.79 Å². The number of anilines is 1. The van der Waals surface area contributed by atoms with E-state index in [1.165, 1.54) is 18.2 Å². The third-order valence-corrected chi connectivity index (χ3v) is 6.59. The summed E-state index contributed by atoms with van der Waals surface area (Å²) in [5, 5.41) is 3.01. The lowest BCUT2D eigenvalue weighted by atomic mass is 10.1. The van der Waals surface area contributed by atoms with Gasteiger partial charge in [-0.05, 0) is 49.2 Å². The molecule has 0 bridgehead atoms. The molecule has 0 aliphatic heterocycles. The zero-order valence-corrected chi connectivity index (χ0v) is 18.4. The number of sulfonamides is 1. The van der Waals surface area contributed by atoms with Crippen LogP contribution >= 0.6 is 23.2 Å². The minimum Gasteiger partial charge on any atom is -0.325 e. The topological polar surface area (TPSA) is 75.3 Å². The van der Waals surface area contributed by atoms with Gasteiger partial charge in [-0.15, -0.1) is 0 Å². The highest BCUT2D eigenvalue weighted by atomic mass is 35.5. The molecule has 0 unspecified atom stereocenters. The predicted molar refractivity (Wildman–Crippen MR) is 121 cm³/mol. The van der Waals surface area contributed by atoms with Crippen molar-refractivity contribution in [2.24, 2.45) is 0 Å². The third kappa shape index (κ3) is 5.83. The van der Waals surface area contributed by atoms with Crippen LogP contribution in [-0.4, -0.2) is 20.4 Å². The smallest absolute Gasteiger partial charge is 0.242 e. The molecule has 3 aromatic carbocycles. The van der Waals surface area contributed by atoms with E-state index in [0.29, 0.717) is 5.69 Å². The Labute approximate surface area is 186 Å². The first kappa shape index (κ1) is 22.3. The maximum atomic E-state index is 13.0. The van der Waals surface area contributed by atoms with E-state index in [1.807, 2.05) is 49.4 Å². The van der Waals surface area contributed by atoms with Crippen molar-refractivity contribution in [3.05, 3.63) is 94.0 Å². The van der Waals surface area contributed by atoms with Gasteiger partial charge in [-0.1, -0.05) is 71.2 Å². The molecule has 5 nitrogen and oxygen atoms in total. The Balaban J connectivity index is 1.89. The fraction of sp³-hybridized carbons (Fsp3) is 0.136. The second-order valence-corrected chi connectivity index (χ2v) is 9.32. The van der Waals surface area contributed by atoms with Gasteiger partial charge < -0.3 is 5.32 Å². The monoisotopic (exact) mass is 462 g/mol. The molecule has 0 radical (unpaired) electrons. The zero-order chi connectivity index (χ0) is 21.7. The Hall–Kier alpha value is -2.38. The van der Waals surface area contributed by atoms with Gasteiger partial charge in [0.1, 0.15) is 10.9 Å². The molecule has 2 N–H and O–H groups in total. The summed E-state index contributed by atoms with van der Waals surface area (Å²) in [6, 6.07) is 19.5. The Bertz CT molecular complexity index is 1130. The molecule has 0 fully saturated rings. The maximum absolute atomic E-state index is 13.0. The molecule has 30 heavy (non-hydrogen) atoms. The van der Waals surface area contributed by atoms with Gasteiger partial charge >= 0.3 is 0 Å². The van der Waals surface area contributed by atoms with E-state index >= 15 is 0 Å². The van der Waals surface area contributed by atoms with Crippen LogP contribution in [0.15, 0.2) is 77.7 Å². The first-order chi connectivity index (χ1) is 14.2. The van der Waals surface area contributed by atoms with Crippen molar-refractivity contribution in [3.8, 4) is 0 Å². The van der Waals surface area contributed by atoms with Crippen molar-refractivity contribution >= 4 is 44.8 Å². The predicted octanol–water partition coefficient (Wildman–Crippen LogP) is 4.83. The number of hydrogen-bond acceptors (Lipinski definition) is 3. The van der Waals surface area contributed by atoms with Crippen molar-refractivity contribution in [1.82, 2.24) is 4.72 Å². The van der Waals surface area contributed by atoms with Crippen LogP contribution in [0, 0.1) is 6.92 Å². The van der Waals surface area contributed by atoms with Gasteiger partial charge in [0, 0.05) is 10.7 Å². The molecular weight excluding hydrogens is 443 g/mol.